The third-order valence-electron chi connectivity index (χ3n) is 2.53. The van der Waals surface area contributed by atoms with Crippen LogP contribution in [0.25, 0.3) is 0 Å². The van der Waals surface area contributed by atoms with Crippen LogP contribution in [0.15, 0.2) is 30.3 Å². The van der Waals surface area contributed by atoms with E-state index in [1.807, 2.05) is 30.3 Å². The van der Waals surface area contributed by atoms with Crippen LogP contribution in [-0.2, 0) is 16.0 Å². The summed E-state index contributed by atoms with van der Waals surface area (Å²) in [6.45, 7) is 2.17. The number of carbonyl (C=O) groups excluding carboxylic acids is 1. The number of nitrogens with one attached hydrogen (secondary N) is 2. The first-order valence-corrected chi connectivity index (χ1v) is 6.09. The molecule has 6 heteroatoms. The van der Waals surface area contributed by atoms with E-state index < -0.39 is 12.0 Å². The van der Waals surface area contributed by atoms with Crippen LogP contribution >= 0.6 is 0 Å². The monoisotopic (exact) mass is 265 g/mol. The first-order valence-electron chi connectivity index (χ1n) is 6.09. The molecule has 1 aromatic carbocycles. The maximum absolute atomic E-state index is 10.4. The quantitative estimate of drug-likeness (QED) is 0.581. The fraction of sp³-hybridized carbons (Fsp3) is 0.385. The highest BCUT2D eigenvalue weighted by Gasteiger charge is 2.10. The van der Waals surface area contributed by atoms with Crippen molar-refractivity contribution in [1.82, 2.24) is 10.6 Å². The molecular weight excluding hydrogens is 246 g/mol. The standard InChI is InChI=1S/C9H11NO2.C4H8N2O/c10-8(9(11)12)6-7-4-2-1-3-5-7;7-4-3-5-1-2-6-4/h1-5,8H,6,10H2,(H,11,12);5H,1-3H2,(H,6,7)/t8-;/m0./s1. The zero-order chi connectivity index (χ0) is 14.1. The van der Waals surface area contributed by atoms with E-state index in [0.29, 0.717) is 13.0 Å². The summed E-state index contributed by atoms with van der Waals surface area (Å²) in [5, 5.41) is 14.1. The van der Waals surface area contributed by atoms with Crippen LogP contribution in [0.3, 0.4) is 0 Å². The number of carboxylic acid groups (broad SMARTS) is 1. The molecule has 19 heavy (non-hydrogen) atoms. The van der Waals surface area contributed by atoms with Crippen LogP contribution in [-0.4, -0.2) is 42.7 Å². The van der Waals surface area contributed by atoms with Gasteiger partial charge in [0.25, 0.3) is 0 Å². The van der Waals surface area contributed by atoms with Crippen LogP contribution < -0.4 is 16.4 Å². The summed E-state index contributed by atoms with van der Waals surface area (Å²) in [6.07, 6.45) is 0.385. The van der Waals surface area contributed by atoms with Gasteiger partial charge in [0.15, 0.2) is 0 Å². The van der Waals surface area contributed by atoms with Crippen molar-refractivity contribution < 1.29 is 14.7 Å². The van der Waals surface area contributed by atoms with E-state index in [0.717, 1.165) is 18.7 Å². The largest absolute Gasteiger partial charge is 0.480 e. The topological polar surface area (TPSA) is 104 Å². The van der Waals surface area contributed by atoms with Crippen molar-refractivity contribution in [2.24, 2.45) is 5.73 Å². The van der Waals surface area contributed by atoms with E-state index in [9.17, 15) is 9.59 Å². The van der Waals surface area contributed by atoms with Crippen molar-refractivity contribution in [3.63, 3.8) is 0 Å². The Morgan fingerprint density at radius 1 is 1.32 bits per heavy atom. The molecular formula is C13H19N3O3. The molecule has 104 valence electrons. The molecule has 1 heterocycles. The lowest BCUT2D eigenvalue weighted by Crippen LogP contribution is -2.44. The maximum Gasteiger partial charge on any atom is 0.320 e. The lowest BCUT2D eigenvalue weighted by Gasteiger charge is -2.11. The van der Waals surface area contributed by atoms with E-state index in [1.54, 1.807) is 0 Å². The van der Waals surface area contributed by atoms with Gasteiger partial charge in [0.1, 0.15) is 6.04 Å². The van der Waals surface area contributed by atoms with Crippen LogP contribution in [0, 0.1) is 0 Å². The van der Waals surface area contributed by atoms with Crippen LogP contribution in [0.2, 0.25) is 0 Å². The van der Waals surface area contributed by atoms with Gasteiger partial charge in [-0.15, -0.1) is 0 Å². The smallest absolute Gasteiger partial charge is 0.320 e. The molecule has 6 nitrogen and oxygen atoms in total. The van der Waals surface area contributed by atoms with E-state index in [-0.39, 0.29) is 5.91 Å². The highest BCUT2D eigenvalue weighted by Crippen LogP contribution is 2.01. The van der Waals surface area contributed by atoms with Gasteiger partial charge in [0, 0.05) is 13.1 Å². The molecule has 0 radical (unpaired) electrons. The summed E-state index contributed by atoms with van der Waals surface area (Å²) in [5.74, 6) is -0.856. The second kappa shape index (κ2) is 8.23. The average Bonchev–Trinajstić information content (AvgIpc) is 2.41. The van der Waals surface area contributed by atoms with Crippen molar-refractivity contribution in [3.8, 4) is 0 Å². The van der Waals surface area contributed by atoms with Crippen LogP contribution in [0.5, 0.6) is 0 Å². The van der Waals surface area contributed by atoms with Gasteiger partial charge in [0.05, 0.1) is 6.54 Å². The van der Waals surface area contributed by atoms with Gasteiger partial charge in [0.2, 0.25) is 5.91 Å². The molecule has 0 bridgehead atoms. The van der Waals surface area contributed by atoms with E-state index in [2.05, 4.69) is 10.6 Å². The molecule has 1 amide bonds. The predicted octanol–water partition coefficient (Wildman–Crippen LogP) is -0.653. The van der Waals surface area contributed by atoms with Gasteiger partial charge in [-0.2, -0.15) is 0 Å². The first-order chi connectivity index (χ1) is 9.09. The Bertz CT molecular complexity index is 401. The highest BCUT2D eigenvalue weighted by molar-refractivity contribution is 5.78. The second-order valence-electron chi connectivity index (χ2n) is 4.16. The first kappa shape index (κ1) is 15.1. The van der Waals surface area contributed by atoms with Crippen molar-refractivity contribution in [2.75, 3.05) is 19.6 Å². The van der Waals surface area contributed by atoms with E-state index in [4.69, 9.17) is 10.8 Å². The SMILES string of the molecule is N[C@@H](Cc1ccccc1)C(=O)O.O=C1CNCCN1. The normalized spacial score (nSPS) is 15.7. The molecule has 0 unspecified atom stereocenters. The predicted molar refractivity (Wildman–Crippen MR) is 71.6 cm³/mol. The number of aliphatic carboxylic acids is 1. The minimum Gasteiger partial charge on any atom is -0.480 e. The second-order valence-corrected chi connectivity index (χ2v) is 4.16. The van der Waals surface area contributed by atoms with Gasteiger partial charge in [-0.1, -0.05) is 30.3 Å². The van der Waals surface area contributed by atoms with E-state index in [1.165, 1.54) is 0 Å². The molecule has 0 saturated carbocycles. The van der Waals surface area contributed by atoms with Gasteiger partial charge in [-0.25, -0.2) is 0 Å². The molecule has 1 atom stereocenters. The molecule has 1 aliphatic rings. The summed E-state index contributed by atoms with van der Waals surface area (Å²) in [6, 6.07) is 8.54. The zero-order valence-electron chi connectivity index (χ0n) is 10.6. The Morgan fingerprint density at radius 2 is 2.00 bits per heavy atom. The van der Waals surface area contributed by atoms with Gasteiger partial charge in [-0.05, 0) is 12.0 Å². The summed E-state index contributed by atoms with van der Waals surface area (Å²) in [7, 11) is 0. The molecule has 1 aliphatic heterocycles. The number of hydrogen-bond acceptors (Lipinski definition) is 4. The van der Waals surface area contributed by atoms with Crippen molar-refractivity contribution >= 4 is 11.9 Å². The zero-order valence-corrected chi connectivity index (χ0v) is 10.6. The molecule has 1 saturated heterocycles. The number of rotatable bonds is 3. The lowest BCUT2D eigenvalue weighted by atomic mass is 10.1. The van der Waals surface area contributed by atoms with Crippen molar-refractivity contribution in [2.45, 2.75) is 12.5 Å². The Morgan fingerprint density at radius 3 is 2.42 bits per heavy atom. The number of carboxylic acids is 1. The third-order valence-corrected chi connectivity index (χ3v) is 2.53. The Balaban J connectivity index is 0.000000218. The third kappa shape index (κ3) is 6.54. The van der Waals surface area contributed by atoms with Crippen LogP contribution in [0.1, 0.15) is 5.56 Å². The lowest BCUT2D eigenvalue weighted by molar-refractivity contribution is -0.138. The Kier molecular flexibility index (Phi) is 6.56. The average molecular weight is 265 g/mol. The van der Waals surface area contributed by atoms with E-state index >= 15 is 0 Å². The molecule has 0 aromatic heterocycles. The summed E-state index contributed by atoms with van der Waals surface area (Å²) in [5.41, 5.74) is 6.30. The number of benzene rings is 1. The van der Waals surface area contributed by atoms with Gasteiger partial charge >= 0.3 is 5.97 Å². The minimum atomic E-state index is -0.959. The van der Waals surface area contributed by atoms with Gasteiger partial charge < -0.3 is 21.5 Å². The van der Waals surface area contributed by atoms with Crippen molar-refractivity contribution in [3.05, 3.63) is 35.9 Å². The number of hydrogen-bond donors (Lipinski definition) is 4. The Hall–Kier alpha value is -1.92. The fourth-order valence-corrected chi connectivity index (χ4v) is 1.51. The minimum absolute atomic E-state index is 0.103. The molecule has 1 aromatic rings. The Labute approximate surface area is 112 Å². The summed E-state index contributed by atoms with van der Waals surface area (Å²) in [4.78, 5) is 20.7. The van der Waals surface area contributed by atoms with Gasteiger partial charge in [-0.3, -0.25) is 9.59 Å². The maximum atomic E-state index is 10.4. The number of carbonyl (C=O) groups is 2. The summed E-state index contributed by atoms with van der Waals surface area (Å²) < 4.78 is 0. The summed E-state index contributed by atoms with van der Waals surface area (Å²) >= 11 is 0. The highest BCUT2D eigenvalue weighted by atomic mass is 16.4. The number of amides is 1. The molecule has 2 rings (SSSR count). The number of nitrogens with two attached hydrogens (primary N) is 1. The number of piperazine rings is 1. The molecule has 5 N–H and O–H groups in total. The van der Waals surface area contributed by atoms with Crippen LogP contribution in [0.4, 0.5) is 0 Å². The molecule has 1 fully saturated rings. The molecule has 0 spiro atoms. The van der Waals surface area contributed by atoms with Crippen molar-refractivity contribution in [1.29, 1.82) is 0 Å². The fourth-order valence-electron chi connectivity index (χ4n) is 1.51. The molecule has 0 aliphatic carbocycles.